The molecular weight excluding hydrogens is 247 g/mol. The minimum absolute atomic E-state index is 0.144. The highest BCUT2D eigenvalue weighted by Crippen LogP contribution is 2.27. The van der Waals surface area contributed by atoms with Gasteiger partial charge in [0.05, 0.1) is 17.9 Å². The van der Waals surface area contributed by atoms with Crippen molar-refractivity contribution in [2.24, 2.45) is 5.84 Å². The van der Waals surface area contributed by atoms with E-state index in [2.05, 4.69) is 15.5 Å². The molecule has 0 saturated heterocycles. The van der Waals surface area contributed by atoms with Gasteiger partial charge < -0.3 is 5.43 Å². The number of aromatic nitrogens is 3. The van der Waals surface area contributed by atoms with E-state index < -0.39 is 11.9 Å². The summed E-state index contributed by atoms with van der Waals surface area (Å²) in [7, 11) is 0. The summed E-state index contributed by atoms with van der Waals surface area (Å²) in [6, 6.07) is 4.20. The Labute approximate surface area is 100 Å². The van der Waals surface area contributed by atoms with Crippen LogP contribution in [0.5, 0.6) is 0 Å². The number of hydrazine groups is 1. The van der Waals surface area contributed by atoms with Gasteiger partial charge in [-0.3, -0.25) is 15.5 Å². The quantitative estimate of drug-likeness (QED) is 0.647. The first kappa shape index (κ1) is 12.4. The van der Waals surface area contributed by atoms with Gasteiger partial charge in [-0.2, -0.15) is 18.3 Å². The SMILES string of the molecule is NNc1ccnc(Cn2ccc(C(F)(F)F)n2)c1. The molecule has 96 valence electrons. The molecule has 18 heavy (non-hydrogen) atoms. The minimum Gasteiger partial charge on any atom is -0.324 e. The Hall–Kier alpha value is -2.09. The summed E-state index contributed by atoms with van der Waals surface area (Å²) in [5, 5.41) is 3.43. The second-order valence-electron chi connectivity index (χ2n) is 3.58. The molecule has 0 radical (unpaired) electrons. The number of nitrogens with zero attached hydrogens (tertiary/aromatic N) is 3. The number of rotatable bonds is 3. The van der Waals surface area contributed by atoms with Crippen LogP contribution in [0.2, 0.25) is 0 Å². The fourth-order valence-corrected chi connectivity index (χ4v) is 1.42. The zero-order chi connectivity index (χ0) is 13.2. The van der Waals surface area contributed by atoms with Gasteiger partial charge in [-0.1, -0.05) is 0 Å². The van der Waals surface area contributed by atoms with E-state index in [1.807, 2.05) is 0 Å². The van der Waals surface area contributed by atoms with Gasteiger partial charge in [0.1, 0.15) is 0 Å². The molecule has 0 saturated carbocycles. The van der Waals surface area contributed by atoms with Gasteiger partial charge in [0.2, 0.25) is 0 Å². The van der Waals surface area contributed by atoms with Crippen molar-refractivity contribution in [1.82, 2.24) is 14.8 Å². The molecule has 2 aromatic heterocycles. The predicted molar refractivity (Wildman–Crippen MR) is 58.4 cm³/mol. The van der Waals surface area contributed by atoms with E-state index in [9.17, 15) is 13.2 Å². The standard InChI is InChI=1S/C10H10F3N5/c11-10(12,13)9-2-4-18(17-9)6-8-5-7(16-14)1-3-15-8/h1-5H,6,14H2,(H,15,16). The van der Waals surface area contributed by atoms with Crippen LogP contribution in [0.4, 0.5) is 18.9 Å². The highest BCUT2D eigenvalue weighted by molar-refractivity contribution is 5.41. The van der Waals surface area contributed by atoms with Crippen LogP contribution in [0.25, 0.3) is 0 Å². The average Bonchev–Trinajstić information content (AvgIpc) is 2.77. The molecule has 2 heterocycles. The zero-order valence-corrected chi connectivity index (χ0v) is 9.15. The number of hydrogen-bond donors (Lipinski definition) is 2. The van der Waals surface area contributed by atoms with Crippen molar-refractivity contribution in [3.8, 4) is 0 Å². The van der Waals surface area contributed by atoms with Gasteiger partial charge in [0.25, 0.3) is 0 Å². The van der Waals surface area contributed by atoms with Gasteiger partial charge in [-0.05, 0) is 18.2 Å². The van der Waals surface area contributed by atoms with E-state index in [1.165, 1.54) is 17.1 Å². The van der Waals surface area contributed by atoms with Gasteiger partial charge in [0.15, 0.2) is 5.69 Å². The largest absolute Gasteiger partial charge is 0.435 e. The molecule has 0 bridgehead atoms. The number of nitrogen functional groups attached to an aromatic ring is 1. The second-order valence-corrected chi connectivity index (χ2v) is 3.58. The van der Waals surface area contributed by atoms with Gasteiger partial charge in [-0.25, -0.2) is 0 Å². The number of halogens is 3. The predicted octanol–water partition coefficient (Wildman–Crippen LogP) is 1.63. The highest BCUT2D eigenvalue weighted by Gasteiger charge is 2.33. The van der Waals surface area contributed by atoms with Gasteiger partial charge in [-0.15, -0.1) is 0 Å². The van der Waals surface area contributed by atoms with E-state index in [0.29, 0.717) is 11.4 Å². The highest BCUT2D eigenvalue weighted by atomic mass is 19.4. The normalized spacial score (nSPS) is 11.6. The molecule has 0 aromatic carbocycles. The van der Waals surface area contributed by atoms with Crippen molar-refractivity contribution < 1.29 is 13.2 Å². The number of nitrogens with two attached hydrogens (primary N) is 1. The maximum atomic E-state index is 12.3. The topological polar surface area (TPSA) is 68.8 Å². The van der Waals surface area contributed by atoms with Crippen LogP contribution in [0.1, 0.15) is 11.4 Å². The maximum Gasteiger partial charge on any atom is 0.435 e. The third-order valence-corrected chi connectivity index (χ3v) is 2.24. The summed E-state index contributed by atoms with van der Waals surface area (Å²) in [6.07, 6.45) is -1.66. The molecule has 0 aliphatic carbocycles. The van der Waals surface area contributed by atoms with Crippen molar-refractivity contribution >= 4 is 5.69 Å². The lowest BCUT2D eigenvalue weighted by Crippen LogP contribution is -2.10. The maximum absolute atomic E-state index is 12.3. The molecule has 3 N–H and O–H groups in total. The first-order valence-corrected chi connectivity index (χ1v) is 5.01. The van der Waals surface area contributed by atoms with Crippen LogP contribution >= 0.6 is 0 Å². The number of pyridine rings is 1. The first-order chi connectivity index (χ1) is 8.49. The van der Waals surface area contributed by atoms with E-state index in [1.54, 1.807) is 12.1 Å². The van der Waals surface area contributed by atoms with E-state index in [4.69, 9.17) is 5.84 Å². The van der Waals surface area contributed by atoms with Gasteiger partial charge in [0, 0.05) is 12.4 Å². The molecular formula is C10H10F3N5. The molecule has 2 rings (SSSR count). The summed E-state index contributed by atoms with van der Waals surface area (Å²) in [5.74, 6) is 5.22. The molecule has 0 aliphatic rings. The molecule has 0 atom stereocenters. The van der Waals surface area contributed by atoms with Crippen molar-refractivity contribution in [1.29, 1.82) is 0 Å². The third-order valence-electron chi connectivity index (χ3n) is 2.24. The van der Waals surface area contributed by atoms with Crippen molar-refractivity contribution in [2.75, 3.05) is 5.43 Å². The molecule has 0 aliphatic heterocycles. The van der Waals surface area contributed by atoms with Crippen LogP contribution in [0.15, 0.2) is 30.6 Å². The van der Waals surface area contributed by atoms with Crippen LogP contribution < -0.4 is 11.3 Å². The van der Waals surface area contributed by atoms with E-state index in [-0.39, 0.29) is 6.54 Å². The van der Waals surface area contributed by atoms with Crippen LogP contribution in [0.3, 0.4) is 0 Å². The van der Waals surface area contributed by atoms with Crippen LogP contribution in [0, 0.1) is 0 Å². The average molecular weight is 257 g/mol. The third kappa shape index (κ3) is 2.77. The van der Waals surface area contributed by atoms with Crippen LogP contribution in [-0.4, -0.2) is 14.8 Å². The number of anilines is 1. The fourth-order valence-electron chi connectivity index (χ4n) is 1.42. The lowest BCUT2D eigenvalue weighted by molar-refractivity contribution is -0.141. The Balaban J connectivity index is 2.16. The summed E-state index contributed by atoms with van der Waals surface area (Å²) in [5.41, 5.74) is 2.70. The van der Waals surface area contributed by atoms with Crippen molar-refractivity contribution in [3.05, 3.63) is 42.0 Å². The van der Waals surface area contributed by atoms with Crippen LogP contribution in [-0.2, 0) is 12.7 Å². The lowest BCUT2D eigenvalue weighted by Gasteiger charge is -2.04. The number of alkyl halides is 3. The van der Waals surface area contributed by atoms with Gasteiger partial charge >= 0.3 is 6.18 Å². The van der Waals surface area contributed by atoms with E-state index >= 15 is 0 Å². The molecule has 0 amide bonds. The Morgan fingerprint density at radius 1 is 1.33 bits per heavy atom. The monoisotopic (exact) mass is 257 g/mol. The minimum atomic E-state index is -4.43. The molecule has 2 aromatic rings. The fraction of sp³-hybridized carbons (Fsp3) is 0.200. The number of nitrogens with one attached hydrogen (secondary N) is 1. The van der Waals surface area contributed by atoms with Crippen molar-refractivity contribution in [2.45, 2.75) is 12.7 Å². The Morgan fingerprint density at radius 2 is 2.11 bits per heavy atom. The molecule has 0 spiro atoms. The molecule has 8 heteroatoms. The Bertz CT molecular complexity index is 534. The second kappa shape index (κ2) is 4.65. The van der Waals surface area contributed by atoms with E-state index in [0.717, 1.165) is 6.07 Å². The zero-order valence-electron chi connectivity index (χ0n) is 9.15. The summed E-state index contributed by atoms with van der Waals surface area (Å²) in [6.45, 7) is 0.144. The Kier molecular flexibility index (Phi) is 3.19. The van der Waals surface area contributed by atoms with Crippen molar-refractivity contribution in [3.63, 3.8) is 0 Å². The summed E-state index contributed by atoms with van der Waals surface area (Å²) < 4.78 is 38.2. The summed E-state index contributed by atoms with van der Waals surface area (Å²) >= 11 is 0. The molecule has 0 unspecified atom stereocenters. The molecule has 0 fully saturated rings. The number of hydrogen-bond acceptors (Lipinski definition) is 4. The smallest absolute Gasteiger partial charge is 0.324 e. The first-order valence-electron chi connectivity index (χ1n) is 5.01. The lowest BCUT2D eigenvalue weighted by atomic mass is 10.3. The Morgan fingerprint density at radius 3 is 2.72 bits per heavy atom. The summed E-state index contributed by atoms with van der Waals surface area (Å²) in [4.78, 5) is 4.02. The molecule has 5 nitrogen and oxygen atoms in total.